The number of carboxylic acids is 1. The number of carboxylic acid groups (broad SMARTS) is 1. The van der Waals surface area contributed by atoms with Crippen LogP contribution in [-0.4, -0.2) is 40.9 Å². The number of aliphatic carboxylic acids is 1. The number of rotatable bonds is 9. The number of amides is 2. The molecule has 0 bridgehead atoms. The molecule has 2 N–H and O–H groups in total. The van der Waals surface area contributed by atoms with E-state index in [0.29, 0.717) is 18.5 Å². The molecule has 0 aliphatic carbocycles. The lowest BCUT2D eigenvalue weighted by molar-refractivity contribution is -0.144. The number of benzene rings is 1. The Kier molecular flexibility index (Phi) is 7.16. The highest BCUT2D eigenvalue weighted by molar-refractivity contribution is 7.08. The maximum atomic E-state index is 12.3. The normalized spacial score (nSPS) is 10.2. The molecule has 0 radical (unpaired) electrons. The Morgan fingerprint density at radius 2 is 1.88 bits per heavy atom. The predicted molar refractivity (Wildman–Crippen MR) is 95.4 cm³/mol. The Hall–Kier alpha value is -2.67. The van der Waals surface area contributed by atoms with Gasteiger partial charge in [0.15, 0.2) is 0 Å². The van der Waals surface area contributed by atoms with E-state index in [0.717, 1.165) is 5.56 Å². The summed E-state index contributed by atoms with van der Waals surface area (Å²) in [5.41, 5.74) is 1.48. The summed E-state index contributed by atoms with van der Waals surface area (Å²) in [6, 6.07) is 11.0. The molecule has 0 saturated heterocycles. The van der Waals surface area contributed by atoms with E-state index in [2.05, 4.69) is 5.32 Å². The molecule has 1 heterocycles. The Bertz CT molecular complexity index is 701. The fourth-order valence-electron chi connectivity index (χ4n) is 2.29. The number of thiophene rings is 1. The summed E-state index contributed by atoms with van der Waals surface area (Å²) in [7, 11) is 0. The third-order valence-corrected chi connectivity index (χ3v) is 4.21. The third kappa shape index (κ3) is 6.39. The molecule has 132 valence electrons. The van der Waals surface area contributed by atoms with Crippen LogP contribution in [0.3, 0.4) is 0 Å². The number of hydrogen-bond donors (Lipinski definition) is 2. The molecule has 2 amide bonds. The SMILES string of the molecule is O=C(O)CN(Cc1ccccc1)C(=O)CCCNC(=O)c1ccsc1. The van der Waals surface area contributed by atoms with Gasteiger partial charge in [0.2, 0.25) is 5.91 Å². The molecule has 0 aliphatic rings. The van der Waals surface area contributed by atoms with Crippen molar-refractivity contribution in [3.05, 3.63) is 58.3 Å². The van der Waals surface area contributed by atoms with E-state index in [1.807, 2.05) is 35.7 Å². The number of carbonyl (C=O) groups is 3. The standard InChI is InChI=1S/C18H20N2O4S/c21-16(7-4-9-19-18(24)15-8-10-25-13-15)20(12-17(22)23)11-14-5-2-1-3-6-14/h1-3,5-6,8,10,13H,4,7,9,11-12H2,(H,19,24)(H,22,23). The first kappa shape index (κ1) is 18.7. The summed E-state index contributed by atoms with van der Waals surface area (Å²) in [5.74, 6) is -1.45. The van der Waals surface area contributed by atoms with E-state index in [4.69, 9.17) is 5.11 Å². The van der Waals surface area contributed by atoms with Gasteiger partial charge in [0.1, 0.15) is 6.54 Å². The van der Waals surface area contributed by atoms with Crippen molar-refractivity contribution in [2.75, 3.05) is 13.1 Å². The minimum absolute atomic E-state index is 0.166. The van der Waals surface area contributed by atoms with E-state index < -0.39 is 5.97 Å². The van der Waals surface area contributed by atoms with Gasteiger partial charge in [-0.15, -0.1) is 0 Å². The topological polar surface area (TPSA) is 86.7 Å². The highest BCUT2D eigenvalue weighted by atomic mass is 32.1. The molecule has 2 aromatic rings. The van der Waals surface area contributed by atoms with Gasteiger partial charge in [-0.2, -0.15) is 11.3 Å². The molecule has 7 heteroatoms. The molecule has 0 fully saturated rings. The first-order chi connectivity index (χ1) is 12.1. The van der Waals surface area contributed by atoms with Crippen LogP contribution < -0.4 is 5.32 Å². The van der Waals surface area contributed by atoms with E-state index >= 15 is 0 Å². The summed E-state index contributed by atoms with van der Waals surface area (Å²) >= 11 is 1.45. The van der Waals surface area contributed by atoms with Crippen LogP contribution in [0.25, 0.3) is 0 Å². The van der Waals surface area contributed by atoms with Crippen LogP contribution in [-0.2, 0) is 16.1 Å². The fourth-order valence-corrected chi connectivity index (χ4v) is 2.93. The maximum absolute atomic E-state index is 12.3. The zero-order valence-corrected chi connectivity index (χ0v) is 14.5. The van der Waals surface area contributed by atoms with Crippen LogP contribution in [0.4, 0.5) is 0 Å². The van der Waals surface area contributed by atoms with E-state index in [-0.39, 0.29) is 31.3 Å². The second-order valence-corrected chi connectivity index (χ2v) is 6.28. The third-order valence-electron chi connectivity index (χ3n) is 3.53. The number of carbonyl (C=O) groups excluding carboxylic acids is 2. The minimum Gasteiger partial charge on any atom is -0.480 e. The second kappa shape index (κ2) is 9.58. The number of nitrogens with one attached hydrogen (secondary N) is 1. The molecule has 2 rings (SSSR count). The fraction of sp³-hybridized carbons (Fsp3) is 0.278. The average molecular weight is 360 g/mol. The Balaban J connectivity index is 1.80. The van der Waals surface area contributed by atoms with E-state index in [1.165, 1.54) is 16.2 Å². The summed E-state index contributed by atoms with van der Waals surface area (Å²) < 4.78 is 0. The smallest absolute Gasteiger partial charge is 0.323 e. The molecule has 0 saturated carbocycles. The summed E-state index contributed by atoms with van der Waals surface area (Å²) in [5, 5.41) is 15.3. The highest BCUT2D eigenvalue weighted by Gasteiger charge is 2.17. The van der Waals surface area contributed by atoms with Crippen molar-refractivity contribution < 1.29 is 19.5 Å². The van der Waals surface area contributed by atoms with E-state index in [1.54, 1.807) is 11.4 Å². The van der Waals surface area contributed by atoms with Crippen molar-refractivity contribution in [1.82, 2.24) is 10.2 Å². The molecule has 6 nitrogen and oxygen atoms in total. The van der Waals surface area contributed by atoms with Gasteiger partial charge < -0.3 is 15.3 Å². The summed E-state index contributed by atoms with van der Waals surface area (Å²) in [4.78, 5) is 36.4. The summed E-state index contributed by atoms with van der Waals surface area (Å²) in [6.45, 7) is 0.287. The van der Waals surface area contributed by atoms with Crippen molar-refractivity contribution in [3.8, 4) is 0 Å². The van der Waals surface area contributed by atoms with Gasteiger partial charge in [0.25, 0.3) is 5.91 Å². The van der Waals surface area contributed by atoms with Crippen molar-refractivity contribution in [3.63, 3.8) is 0 Å². The van der Waals surface area contributed by atoms with Gasteiger partial charge in [0, 0.05) is 30.5 Å². The minimum atomic E-state index is -1.05. The first-order valence-corrected chi connectivity index (χ1v) is 8.84. The quantitative estimate of drug-likeness (QED) is 0.672. The van der Waals surface area contributed by atoms with Crippen LogP contribution in [0.5, 0.6) is 0 Å². The average Bonchev–Trinajstić information content (AvgIpc) is 3.13. The van der Waals surface area contributed by atoms with Crippen LogP contribution in [0.1, 0.15) is 28.8 Å². The molecule has 0 spiro atoms. The van der Waals surface area contributed by atoms with Gasteiger partial charge in [-0.1, -0.05) is 30.3 Å². The zero-order valence-electron chi connectivity index (χ0n) is 13.7. The van der Waals surface area contributed by atoms with Crippen LogP contribution in [0.2, 0.25) is 0 Å². The maximum Gasteiger partial charge on any atom is 0.323 e. The highest BCUT2D eigenvalue weighted by Crippen LogP contribution is 2.08. The number of nitrogens with zero attached hydrogens (tertiary/aromatic N) is 1. The van der Waals surface area contributed by atoms with Crippen molar-refractivity contribution in [1.29, 1.82) is 0 Å². The lowest BCUT2D eigenvalue weighted by Gasteiger charge is -2.21. The van der Waals surface area contributed by atoms with Gasteiger partial charge in [0.05, 0.1) is 0 Å². The zero-order chi connectivity index (χ0) is 18.1. The van der Waals surface area contributed by atoms with E-state index in [9.17, 15) is 14.4 Å². The van der Waals surface area contributed by atoms with Gasteiger partial charge in [-0.25, -0.2) is 0 Å². The lowest BCUT2D eigenvalue weighted by atomic mass is 10.2. The lowest BCUT2D eigenvalue weighted by Crippen LogP contribution is -2.35. The number of hydrogen-bond acceptors (Lipinski definition) is 4. The van der Waals surface area contributed by atoms with Crippen molar-refractivity contribution in [2.45, 2.75) is 19.4 Å². The van der Waals surface area contributed by atoms with Crippen molar-refractivity contribution >= 4 is 29.1 Å². The largest absolute Gasteiger partial charge is 0.480 e. The van der Waals surface area contributed by atoms with Crippen LogP contribution >= 0.6 is 11.3 Å². The van der Waals surface area contributed by atoms with Gasteiger partial charge in [-0.3, -0.25) is 14.4 Å². The molecule has 0 atom stereocenters. The van der Waals surface area contributed by atoms with Crippen molar-refractivity contribution in [2.24, 2.45) is 0 Å². The predicted octanol–water partition coefficient (Wildman–Crippen LogP) is 2.37. The van der Waals surface area contributed by atoms with Crippen LogP contribution in [0, 0.1) is 0 Å². The summed E-state index contributed by atoms with van der Waals surface area (Å²) in [6.07, 6.45) is 0.643. The Morgan fingerprint density at radius 1 is 1.12 bits per heavy atom. The van der Waals surface area contributed by atoms with Crippen LogP contribution in [0.15, 0.2) is 47.2 Å². The molecule has 0 unspecified atom stereocenters. The molecular weight excluding hydrogens is 340 g/mol. The molecular formula is C18H20N2O4S. The Labute approximate surface area is 150 Å². The molecule has 0 aliphatic heterocycles. The molecule has 1 aromatic carbocycles. The second-order valence-electron chi connectivity index (χ2n) is 5.50. The van der Waals surface area contributed by atoms with Gasteiger partial charge >= 0.3 is 5.97 Å². The molecule has 25 heavy (non-hydrogen) atoms. The molecule has 1 aromatic heterocycles. The monoisotopic (exact) mass is 360 g/mol. The first-order valence-electron chi connectivity index (χ1n) is 7.90. The van der Waals surface area contributed by atoms with Gasteiger partial charge in [-0.05, 0) is 23.4 Å². The Morgan fingerprint density at radius 3 is 2.52 bits per heavy atom.